The van der Waals surface area contributed by atoms with Gasteiger partial charge in [0.1, 0.15) is 6.04 Å². The predicted octanol–water partition coefficient (Wildman–Crippen LogP) is 2.29. The number of carbonyl (C=O) groups is 2. The van der Waals surface area contributed by atoms with E-state index in [9.17, 15) is 14.7 Å². The summed E-state index contributed by atoms with van der Waals surface area (Å²) < 4.78 is 0. The van der Waals surface area contributed by atoms with Gasteiger partial charge in [-0.15, -0.1) is 0 Å². The molecule has 2 aromatic rings. The number of rotatable bonds is 6. The Balaban J connectivity index is 2.16. The fourth-order valence-electron chi connectivity index (χ4n) is 2.59. The smallest absolute Gasteiger partial charge is 0.268 e. The van der Waals surface area contributed by atoms with Gasteiger partial charge in [0.05, 0.1) is 5.60 Å². The average Bonchev–Trinajstić information content (AvgIpc) is 2.64. The number of aryl methyl sites for hydroxylation is 1. The summed E-state index contributed by atoms with van der Waals surface area (Å²) in [5, 5.41) is 21.3. The van der Waals surface area contributed by atoms with E-state index in [0.717, 1.165) is 17.5 Å². The zero-order chi connectivity index (χ0) is 19.3. The molecule has 0 heterocycles. The van der Waals surface area contributed by atoms with Crippen LogP contribution in [0.5, 0.6) is 0 Å². The van der Waals surface area contributed by atoms with Gasteiger partial charge in [0, 0.05) is 5.56 Å². The maximum Gasteiger partial charge on any atom is 0.268 e. The molecule has 2 rings (SSSR count). The van der Waals surface area contributed by atoms with E-state index in [0.29, 0.717) is 5.56 Å². The van der Waals surface area contributed by atoms with Crippen LogP contribution in [0.25, 0.3) is 11.1 Å². The van der Waals surface area contributed by atoms with Crippen molar-refractivity contribution in [1.82, 2.24) is 10.8 Å². The number of aliphatic hydroxyl groups is 1. The van der Waals surface area contributed by atoms with Gasteiger partial charge >= 0.3 is 0 Å². The van der Waals surface area contributed by atoms with E-state index in [2.05, 4.69) is 24.4 Å². The van der Waals surface area contributed by atoms with Crippen LogP contribution in [-0.4, -0.2) is 33.8 Å². The number of carbonyl (C=O) groups excluding carboxylic acids is 2. The second-order valence-electron chi connectivity index (χ2n) is 6.66. The van der Waals surface area contributed by atoms with Crippen LogP contribution in [0.3, 0.4) is 0 Å². The minimum Gasteiger partial charge on any atom is -0.388 e. The highest BCUT2D eigenvalue weighted by molar-refractivity contribution is 5.98. The number of amides is 2. The van der Waals surface area contributed by atoms with Gasteiger partial charge in [-0.3, -0.25) is 14.8 Å². The van der Waals surface area contributed by atoms with Crippen LogP contribution in [0, 0.1) is 0 Å². The Morgan fingerprint density at radius 3 is 1.92 bits per heavy atom. The van der Waals surface area contributed by atoms with Gasteiger partial charge in [0.15, 0.2) is 0 Å². The van der Waals surface area contributed by atoms with Crippen molar-refractivity contribution in [3.63, 3.8) is 0 Å². The monoisotopic (exact) mass is 356 g/mol. The zero-order valence-electron chi connectivity index (χ0n) is 15.1. The first-order chi connectivity index (χ1) is 12.3. The van der Waals surface area contributed by atoms with Gasteiger partial charge in [-0.2, -0.15) is 0 Å². The molecule has 0 saturated heterocycles. The Morgan fingerprint density at radius 2 is 1.50 bits per heavy atom. The van der Waals surface area contributed by atoms with E-state index >= 15 is 0 Å². The van der Waals surface area contributed by atoms with Crippen LogP contribution in [0.2, 0.25) is 0 Å². The normalized spacial score (nSPS) is 12.3. The molecule has 0 aliphatic carbocycles. The number of hydroxylamine groups is 1. The maximum atomic E-state index is 12.4. The summed E-state index contributed by atoms with van der Waals surface area (Å²) >= 11 is 0. The molecule has 26 heavy (non-hydrogen) atoms. The number of nitrogens with one attached hydrogen (secondary N) is 2. The molecule has 0 radical (unpaired) electrons. The van der Waals surface area contributed by atoms with E-state index in [1.165, 1.54) is 24.9 Å². The topological polar surface area (TPSA) is 98.7 Å². The van der Waals surface area contributed by atoms with Crippen LogP contribution in [0.15, 0.2) is 48.5 Å². The van der Waals surface area contributed by atoms with Crippen molar-refractivity contribution >= 4 is 11.8 Å². The molecule has 2 amide bonds. The van der Waals surface area contributed by atoms with Crippen LogP contribution in [0.1, 0.15) is 36.7 Å². The third-order valence-electron chi connectivity index (χ3n) is 4.20. The van der Waals surface area contributed by atoms with Gasteiger partial charge in [-0.05, 0) is 49.1 Å². The third kappa shape index (κ3) is 4.68. The molecule has 138 valence electrons. The molecule has 1 atom stereocenters. The Hall–Kier alpha value is -2.70. The summed E-state index contributed by atoms with van der Waals surface area (Å²) in [7, 11) is 0. The second-order valence-corrected chi connectivity index (χ2v) is 6.66. The molecule has 4 N–H and O–H groups in total. The Bertz CT molecular complexity index is 762. The van der Waals surface area contributed by atoms with E-state index in [-0.39, 0.29) is 0 Å². The van der Waals surface area contributed by atoms with E-state index in [1.807, 2.05) is 24.3 Å². The lowest BCUT2D eigenvalue weighted by molar-refractivity contribution is -0.136. The van der Waals surface area contributed by atoms with Crippen molar-refractivity contribution in [2.75, 3.05) is 0 Å². The summed E-state index contributed by atoms with van der Waals surface area (Å²) in [4.78, 5) is 24.1. The molecule has 6 nitrogen and oxygen atoms in total. The van der Waals surface area contributed by atoms with Gasteiger partial charge in [0.25, 0.3) is 11.8 Å². The molecule has 1 unspecified atom stereocenters. The van der Waals surface area contributed by atoms with Crippen molar-refractivity contribution in [3.8, 4) is 11.1 Å². The quantitative estimate of drug-likeness (QED) is 0.471. The standard InChI is InChI=1S/C20H24N2O4/c1-4-13-5-7-14(8-6-13)15-9-11-16(12-10-15)18(23)21-17(19(24)22-26)20(2,3)25/h5-12,17,25-26H,4H2,1-3H3,(H,21,23)(H,22,24). The molecular weight excluding hydrogens is 332 g/mol. The van der Waals surface area contributed by atoms with E-state index < -0.39 is 23.5 Å². The molecule has 0 aromatic heterocycles. The van der Waals surface area contributed by atoms with Crippen molar-refractivity contribution in [1.29, 1.82) is 0 Å². The van der Waals surface area contributed by atoms with Crippen molar-refractivity contribution in [2.24, 2.45) is 0 Å². The lowest BCUT2D eigenvalue weighted by Gasteiger charge is -2.28. The number of benzene rings is 2. The molecule has 0 fully saturated rings. The van der Waals surface area contributed by atoms with Gasteiger partial charge in [0.2, 0.25) is 0 Å². The highest BCUT2D eigenvalue weighted by Crippen LogP contribution is 2.21. The van der Waals surface area contributed by atoms with Crippen LogP contribution < -0.4 is 10.8 Å². The maximum absolute atomic E-state index is 12.4. The van der Waals surface area contributed by atoms with Gasteiger partial charge in [-0.1, -0.05) is 43.3 Å². The first-order valence-electron chi connectivity index (χ1n) is 8.42. The minimum absolute atomic E-state index is 0.346. The fourth-order valence-corrected chi connectivity index (χ4v) is 2.59. The Morgan fingerprint density at radius 1 is 1.00 bits per heavy atom. The summed E-state index contributed by atoms with van der Waals surface area (Å²) in [5.74, 6) is -1.41. The Labute approximate surface area is 152 Å². The van der Waals surface area contributed by atoms with Crippen molar-refractivity contribution < 1.29 is 19.9 Å². The second kappa shape index (κ2) is 8.12. The van der Waals surface area contributed by atoms with Crippen molar-refractivity contribution in [3.05, 3.63) is 59.7 Å². The number of hydrogen-bond donors (Lipinski definition) is 4. The summed E-state index contributed by atoms with van der Waals surface area (Å²) in [6.07, 6.45) is 0.975. The molecule has 6 heteroatoms. The molecule has 0 spiro atoms. The summed E-state index contributed by atoms with van der Waals surface area (Å²) in [5.41, 5.74) is 3.53. The average molecular weight is 356 g/mol. The Kier molecular flexibility index (Phi) is 6.13. The van der Waals surface area contributed by atoms with Crippen molar-refractivity contribution in [2.45, 2.75) is 38.8 Å². The van der Waals surface area contributed by atoms with Crippen LogP contribution in [-0.2, 0) is 11.2 Å². The molecule has 0 saturated carbocycles. The van der Waals surface area contributed by atoms with Gasteiger partial charge < -0.3 is 10.4 Å². The lowest BCUT2D eigenvalue weighted by atomic mass is 9.97. The first kappa shape index (κ1) is 19.6. The summed E-state index contributed by atoms with van der Waals surface area (Å²) in [6.45, 7) is 4.84. The highest BCUT2D eigenvalue weighted by Gasteiger charge is 2.34. The SMILES string of the molecule is CCc1ccc(-c2ccc(C(=O)NC(C(=O)NO)C(C)(C)O)cc2)cc1. The number of hydrogen-bond acceptors (Lipinski definition) is 4. The molecule has 0 aliphatic rings. The van der Waals surface area contributed by atoms with E-state index in [1.54, 1.807) is 12.1 Å². The summed E-state index contributed by atoms with van der Waals surface area (Å²) in [6, 6.07) is 13.8. The fraction of sp³-hybridized carbons (Fsp3) is 0.300. The van der Waals surface area contributed by atoms with Gasteiger partial charge in [-0.25, -0.2) is 5.48 Å². The first-order valence-corrected chi connectivity index (χ1v) is 8.42. The molecule has 0 bridgehead atoms. The zero-order valence-corrected chi connectivity index (χ0v) is 15.1. The molecular formula is C20H24N2O4. The van der Waals surface area contributed by atoms with Crippen LogP contribution >= 0.6 is 0 Å². The molecule has 2 aromatic carbocycles. The van der Waals surface area contributed by atoms with E-state index in [4.69, 9.17) is 5.21 Å². The largest absolute Gasteiger partial charge is 0.388 e. The minimum atomic E-state index is -1.54. The highest BCUT2D eigenvalue weighted by atomic mass is 16.5. The molecule has 0 aliphatic heterocycles. The third-order valence-corrected chi connectivity index (χ3v) is 4.20. The predicted molar refractivity (Wildman–Crippen MR) is 98.7 cm³/mol. The lowest BCUT2D eigenvalue weighted by Crippen LogP contribution is -2.57. The van der Waals surface area contributed by atoms with Crippen LogP contribution in [0.4, 0.5) is 0 Å².